The first-order valence-electron chi connectivity index (χ1n) is 13.9. The highest BCUT2D eigenvalue weighted by Gasteiger charge is 2.56. The van der Waals surface area contributed by atoms with Gasteiger partial charge in [0.1, 0.15) is 11.8 Å². The van der Waals surface area contributed by atoms with Crippen molar-refractivity contribution in [3.63, 3.8) is 0 Å². The second-order valence-corrected chi connectivity index (χ2v) is 14.5. The number of benzene rings is 3. The van der Waals surface area contributed by atoms with Crippen LogP contribution in [0, 0.1) is 12.8 Å². The van der Waals surface area contributed by atoms with Crippen molar-refractivity contribution < 1.29 is 14.4 Å². The summed E-state index contributed by atoms with van der Waals surface area (Å²) >= 11 is 8.32. The molecule has 3 amide bonds. The van der Waals surface area contributed by atoms with Gasteiger partial charge in [0.25, 0.3) is 0 Å². The van der Waals surface area contributed by atoms with Crippen LogP contribution in [0.5, 0.6) is 0 Å². The van der Waals surface area contributed by atoms with Crippen LogP contribution in [-0.2, 0) is 26.3 Å². The van der Waals surface area contributed by atoms with Crippen LogP contribution >= 0.6 is 34.7 Å². The molecule has 0 bridgehead atoms. The zero-order chi connectivity index (χ0) is 30.6. The Kier molecular flexibility index (Phi) is 7.61. The van der Waals surface area contributed by atoms with Gasteiger partial charge in [0.2, 0.25) is 17.7 Å². The first kappa shape index (κ1) is 29.4. The van der Waals surface area contributed by atoms with Crippen LogP contribution < -0.4 is 15.1 Å². The minimum absolute atomic E-state index is 0.0715. The first-order chi connectivity index (χ1) is 20.4. The summed E-state index contributed by atoms with van der Waals surface area (Å²) in [5, 5.41) is 3.17. The molecule has 1 saturated heterocycles. The summed E-state index contributed by atoms with van der Waals surface area (Å²) in [6.45, 7) is 8.12. The Morgan fingerprint density at radius 2 is 1.65 bits per heavy atom. The smallest absolute Gasteiger partial charge is 0.308 e. The molecule has 3 aromatic carbocycles. The molecule has 10 heteroatoms. The summed E-state index contributed by atoms with van der Waals surface area (Å²) in [5.74, 6) is -2.25. The molecule has 1 fully saturated rings. The largest absolute Gasteiger partial charge is 0.325 e. The van der Waals surface area contributed by atoms with Crippen molar-refractivity contribution in [2.45, 2.75) is 55.8 Å². The summed E-state index contributed by atoms with van der Waals surface area (Å²) in [7, 11) is 0. The maximum Gasteiger partial charge on any atom is 0.308 e. The van der Waals surface area contributed by atoms with E-state index >= 15 is 0 Å². The van der Waals surface area contributed by atoms with Crippen molar-refractivity contribution in [2.75, 3.05) is 10.2 Å². The van der Waals surface area contributed by atoms with E-state index in [2.05, 4.69) is 26.1 Å². The van der Waals surface area contributed by atoms with Crippen LogP contribution in [0.1, 0.15) is 48.3 Å². The normalized spacial score (nSPS) is 19.7. The van der Waals surface area contributed by atoms with Gasteiger partial charge in [-0.05, 0) is 65.4 Å². The molecule has 2 unspecified atom stereocenters. The number of thioether (sulfide) groups is 1. The maximum absolute atomic E-state index is 14.1. The lowest BCUT2D eigenvalue weighted by Gasteiger charge is -2.31. The van der Waals surface area contributed by atoms with Gasteiger partial charge in [0, 0.05) is 21.5 Å². The third-order valence-electron chi connectivity index (χ3n) is 7.87. The Labute approximate surface area is 262 Å². The second-order valence-electron chi connectivity index (χ2n) is 11.9. The Morgan fingerprint density at radius 1 is 0.953 bits per heavy atom. The highest BCUT2D eigenvalue weighted by molar-refractivity contribution is 8.00. The van der Waals surface area contributed by atoms with Crippen molar-refractivity contribution in [3.05, 3.63) is 109 Å². The molecule has 1 N–H and O–H groups in total. The lowest BCUT2D eigenvalue weighted by molar-refractivity contribution is -0.122. The van der Waals surface area contributed by atoms with E-state index in [9.17, 15) is 19.2 Å². The lowest BCUT2D eigenvalue weighted by atomic mass is 9.81. The van der Waals surface area contributed by atoms with Gasteiger partial charge in [-0.15, -0.1) is 0 Å². The fourth-order valence-electron chi connectivity index (χ4n) is 5.72. The van der Waals surface area contributed by atoms with Gasteiger partial charge in [0.15, 0.2) is 0 Å². The number of anilines is 2. The predicted molar refractivity (Wildman–Crippen MR) is 172 cm³/mol. The van der Waals surface area contributed by atoms with E-state index < -0.39 is 17.1 Å². The number of imide groups is 1. The predicted octanol–water partition coefficient (Wildman–Crippen LogP) is 6.60. The molecule has 0 aliphatic carbocycles. The topological polar surface area (TPSA) is 88.5 Å². The summed E-state index contributed by atoms with van der Waals surface area (Å²) in [6.07, 6.45) is 0. The number of hydrogen-bond donors (Lipinski definition) is 1. The summed E-state index contributed by atoms with van der Waals surface area (Å²) in [5.41, 5.74) is 4.00. The number of aryl methyl sites for hydroxylation is 1. The molecule has 0 spiro atoms. The average Bonchev–Trinajstić information content (AvgIpc) is 3.39. The van der Waals surface area contributed by atoms with Crippen LogP contribution in [0.3, 0.4) is 0 Å². The SMILES string of the molecule is Cc1cccc(NC(=O)Cn2c3c(sc2=O)[C@H](c2ccc(C(C)(C)C)cc2)C2C(=O)N(c4ccc(Cl)cc4)C(=O)C2S3)c1. The van der Waals surface area contributed by atoms with E-state index in [1.165, 1.54) is 21.2 Å². The molecule has 2 aliphatic heterocycles. The van der Waals surface area contributed by atoms with Gasteiger partial charge in [-0.2, -0.15) is 0 Å². The minimum Gasteiger partial charge on any atom is -0.325 e. The van der Waals surface area contributed by atoms with Gasteiger partial charge >= 0.3 is 4.87 Å². The zero-order valence-corrected chi connectivity index (χ0v) is 26.5. The lowest BCUT2D eigenvalue weighted by Crippen LogP contribution is -2.33. The number of rotatable bonds is 5. The van der Waals surface area contributed by atoms with E-state index in [1.54, 1.807) is 30.3 Å². The van der Waals surface area contributed by atoms with Crippen molar-refractivity contribution in [3.8, 4) is 0 Å². The van der Waals surface area contributed by atoms with E-state index in [0.29, 0.717) is 26.3 Å². The number of nitrogens with one attached hydrogen (secondary N) is 1. The number of aromatic nitrogens is 1. The van der Waals surface area contributed by atoms with E-state index in [0.717, 1.165) is 28.0 Å². The monoisotopic (exact) mass is 631 g/mol. The number of hydrogen-bond acceptors (Lipinski definition) is 6. The molecule has 7 nitrogen and oxygen atoms in total. The molecule has 220 valence electrons. The number of halogens is 1. The molecule has 43 heavy (non-hydrogen) atoms. The second kappa shape index (κ2) is 11.1. The van der Waals surface area contributed by atoms with Gasteiger partial charge < -0.3 is 5.32 Å². The molecule has 0 radical (unpaired) electrons. The molecule has 0 saturated carbocycles. The van der Waals surface area contributed by atoms with Crippen LogP contribution in [0.15, 0.2) is 82.6 Å². The van der Waals surface area contributed by atoms with Crippen molar-refractivity contribution >= 4 is 63.8 Å². The first-order valence-corrected chi connectivity index (χ1v) is 16.0. The summed E-state index contributed by atoms with van der Waals surface area (Å²) in [4.78, 5) is 56.1. The summed E-state index contributed by atoms with van der Waals surface area (Å²) < 4.78 is 1.44. The zero-order valence-electron chi connectivity index (χ0n) is 24.1. The molecule has 4 aromatic rings. The van der Waals surface area contributed by atoms with E-state index in [-0.39, 0.29) is 34.6 Å². The van der Waals surface area contributed by atoms with Gasteiger partial charge in [-0.25, -0.2) is 4.90 Å². The summed E-state index contributed by atoms with van der Waals surface area (Å²) in [6, 6.07) is 22.1. The molecule has 1 aromatic heterocycles. The van der Waals surface area contributed by atoms with Gasteiger partial charge in [-0.1, -0.05) is 91.9 Å². The average molecular weight is 632 g/mol. The maximum atomic E-state index is 14.1. The van der Waals surface area contributed by atoms with Gasteiger partial charge in [-0.3, -0.25) is 23.7 Å². The van der Waals surface area contributed by atoms with Crippen LogP contribution in [0.2, 0.25) is 5.02 Å². The quantitative estimate of drug-likeness (QED) is 0.251. The van der Waals surface area contributed by atoms with Crippen LogP contribution in [0.4, 0.5) is 11.4 Å². The Hall–Kier alpha value is -3.66. The molecular weight excluding hydrogens is 602 g/mol. The number of fused-ring (bicyclic) bond motifs is 2. The number of carbonyl (C=O) groups is 3. The van der Waals surface area contributed by atoms with Crippen molar-refractivity contribution in [1.82, 2.24) is 4.57 Å². The van der Waals surface area contributed by atoms with Crippen molar-refractivity contribution in [1.29, 1.82) is 0 Å². The highest BCUT2D eigenvalue weighted by Crippen LogP contribution is 2.54. The Balaban J connectivity index is 1.42. The van der Waals surface area contributed by atoms with Crippen LogP contribution in [0.25, 0.3) is 0 Å². The standard InChI is InChI=1S/C33H30ClN3O4S2/c1-18-6-5-7-22(16-18)35-24(38)17-36-31-28(43-32(36)41)25(19-8-10-20(11-9-19)33(2,3)4)26-27(42-31)30(40)37(29(26)39)23-14-12-21(34)13-15-23/h5-16,25-27H,17H2,1-4H3,(H,35,38)/t25-,26?,27?/m1/s1. The highest BCUT2D eigenvalue weighted by atomic mass is 35.5. The van der Waals surface area contributed by atoms with Crippen molar-refractivity contribution in [2.24, 2.45) is 5.92 Å². The molecular formula is C33H30ClN3O4S2. The fraction of sp³-hybridized carbons (Fsp3) is 0.273. The number of nitrogens with zero attached hydrogens (tertiary/aromatic N) is 2. The molecule has 3 atom stereocenters. The van der Waals surface area contributed by atoms with E-state index in [4.69, 9.17) is 11.6 Å². The van der Waals surface area contributed by atoms with E-state index in [1.807, 2.05) is 49.4 Å². The molecule has 2 aliphatic rings. The third-order valence-corrected chi connectivity index (χ3v) is 10.7. The minimum atomic E-state index is -0.761. The van der Waals surface area contributed by atoms with Crippen LogP contribution in [-0.4, -0.2) is 27.5 Å². The third kappa shape index (κ3) is 5.46. The fourth-order valence-corrected chi connectivity index (χ4v) is 8.62. The van der Waals surface area contributed by atoms with Gasteiger partial charge in [0.05, 0.1) is 16.6 Å². The number of carbonyl (C=O) groups excluding carboxylic acids is 3. The Bertz CT molecular complexity index is 1810. The number of amides is 3. The Morgan fingerprint density at radius 3 is 2.30 bits per heavy atom. The number of thiazole rings is 1. The molecule has 3 heterocycles. The molecule has 6 rings (SSSR count).